The standard InChI is InChI=1S/C9H11NO3/c1-2-8(11)9(12)13-7-4-3-5-10-6-7/h3-6,8,11H,2H2,1H3. The van der Waals surface area contributed by atoms with E-state index in [0.29, 0.717) is 12.2 Å². The third-order valence-corrected chi connectivity index (χ3v) is 1.51. The Morgan fingerprint density at radius 3 is 3.08 bits per heavy atom. The fourth-order valence-electron chi connectivity index (χ4n) is 0.758. The molecular weight excluding hydrogens is 170 g/mol. The van der Waals surface area contributed by atoms with E-state index in [4.69, 9.17) is 9.84 Å². The first kappa shape index (κ1) is 9.67. The predicted octanol–water partition coefficient (Wildman–Crippen LogP) is 0.758. The molecule has 0 saturated heterocycles. The van der Waals surface area contributed by atoms with Gasteiger partial charge in [-0.05, 0) is 18.6 Å². The van der Waals surface area contributed by atoms with Crippen LogP contribution in [0.2, 0.25) is 0 Å². The molecule has 0 saturated carbocycles. The second kappa shape index (κ2) is 4.57. The summed E-state index contributed by atoms with van der Waals surface area (Å²) in [6, 6.07) is 3.26. The first-order valence-corrected chi connectivity index (χ1v) is 4.04. The zero-order valence-electron chi connectivity index (χ0n) is 7.30. The van der Waals surface area contributed by atoms with Crippen molar-refractivity contribution in [1.82, 2.24) is 4.98 Å². The zero-order valence-corrected chi connectivity index (χ0v) is 7.30. The highest BCUT2D eigenvalue weighted by atomic mass is 16.5. The summed E-state index contributed by atoms with van der Waals surface area (Å²) < 4.78 is 4.82. The van der Waals surface area contributed by atoms with Gasteiger partial charge >= 0.3 is 5.97 Å². The zero-order chi connectivity index (χ0) is 9.68. The lowest BCUT2D eigenvalue weighted by Crippen LogP contribution is -2.24. The number of carbonyl (C=O) groups is 1. The molecule has 1 rings (SSSR count). The predicted molar refractivity (Wildman–Crippen MR) is 46.2 cm³/mol. The van der Waals surface area contributed by atoms with Gasteiger partial charge in [0, 0.05) is 6.20 Å². The molecule has 0 aliphatic heterocycles. The Hall–Kier alpha value is -1.42. The number of hydrogen-bond acceptors (Lipinski definition) is 4. The van der Waals surface area contributed by atoms with Gasteiger partial charge in [0.15, 0.2) is 6.10 Å². The SMILES string of the molecule is CCC(O)C(=O)Oc1cccnc1. The third kappa shape index (κ3) is 2.83. The van der Waals surface area contributed by atoms with Crippen LogP contribution in [0.25, 0.3) is 0 Å². The molecule has 0 aromatic carbocycles. The Kier molecular flexibility index (Phi) is 3.40. The van der Waals surface area contributed by atoms with Crippen molar-refractivity contribution in [3.63, 3.8) is 0 Å². The molecule has 1 atom stereocenters. The highest BCUT2D eigenvalue weighted by molar-refractivity contribution is 5.76. The Bertz CT molecular complexity index is 273. The van der Waals surface area contributed by atoms with Crippen LogP contribution in [0.1, 0.15) is 13.3 Å². The summed E-state index contributed by atoms with van der Waals surface area (Å²) >= 11 is 0. The molecule has 0 aliphatic rings. The van der Waals surface area contributed by atoms with E-state index in [1.165, 1.54) is 6.20 Å². The van der Waals surface area contributed by atoms with Gasteiger partial charge < -0.3 is 9.84 Å². The van der Waals surface area contributed by atoms with E-state index in [-0.39, 0.29) is 0 Å². The summed E-state index contributed by atoms with van der Waals surface area (Å²) in [4.78, 5) is 14.8. The molecule has 1 heterocycles. The summed E-state index contributed by atoms with van der Waals surface area (Å²) in [7, 11) is 0. The minimum absolute atomic E-state index is 0.346. The van der Waals surface area contributed by atoms with Crippen LogP contribution >= 0.6 is 0 Å². The van der Waals surface area contributed by atoms with Crippen LogP contribution in [-0.2, 0) is 4.79 Å². The van der Waals surface area contributed by atoms with Gasteiger partial charge in [0.05, 0.1) is 6.20 Å². The minimum atomic E-state index is -1.06. The molecule has 13 heavy (non-hydrogen) atoms. The second-order valence-corrected chi connectivity index (χ2v) is 2.53. The van der Waals surface area contributed by atoms with Gasteiger partial charge in [-0.25, -0.2) is 4.79 Å². The number of hydrogen-bond donors (Lipinski definition) is 1. The summed E-state index contributed by atoms with van der Waals surface area (Å²) in [6.07, 6.45) is 2.28. The maximum absolute atomic E-state index is 11.0. The molecule has 0 radical (unpaired) electrons. The monoisotopic (exact) mass is 181 g/mol. The molecule has 0 spiro atoms. The highest BCUT2D eigenvalue weighted by Crippen LogP contribution is 2.07. The summed E-state index contributed by atoms with van der Waals surface area (Å²) in [5.74, 6) is -0.296. The van der Waals surface area contributed by atoms with E-state index in [2.05, 4.69) is 4.98 Å². The number of nitrogens with zero attached hydrogens (tertiary/aromatic N) is 1. The van der Waals surface area contributed by atoms with Crippen molar-refractivity contribution < 1.29 is 14.6 Å². The lowest BCUT2D eigenvalue weighted by Gasteiger charge is -2.06. The summed E-state index contributed by atoms with van der Waals surface area (Å²) in [5, 5.41) is 9.09. The van der Waals surface area contributed by atoms with Gasteiger partial charge in [0.2, 0.25) is 0 Å². The number of rotatable bonds is 3. The number of pyridine rings is 1. The van der Waals surface area contributed by atoms with E-state index in [0.717, 1.165) is 0 Å². The highest BCUT2D eigenvalue weighted by Gasteiger charge is 2.14. The van der Waals surface area contributed by atoms with Gasteiger partial charge in [-0.2, -0.15) is 0 Å². The number of esters is 1. The topological polar surface area (TPSA) is 59.4 Å². The van der Waals surface area contributed by atoms with E-state index in [1.807, 2.05) is 0 Å². The molecule has 1 aromatic heterocycles. The van der Waals surface area contributed by atoms with Crippen molar-refractivity contribution in [2.24, 2.45) is 0 Å². The first-order chi connectivity index (χ1) is 6.24. The van der Waals surface area contributed by atoms with E-state index >= 15 is 0 Å². The van der Waals surface area contributed by atoms with E-state index < -0.39 is 12.1 Å². The minimum Gasteiger partial charge on any atom is -0.423 e. The van der Waals surface area contributed by atoms with Crippen molar-refractivity contribution >= 4 is 5.97 Å². The smallest absolute Gasteiger partial charge is 0.340 e. The van der Waals surface area contributed by atoms with Crippen molar-refractivity contribution in [3.8, 4) is 5.75 Å². The molecule has 70 valence electrons. The molecule has 4 heteroatoms. The van der Waals surface area contributed by atoms with Crippen molar-refractivity contribution in [2.45, 2.75) is 19.4 Å². The summed E-state index contributed by atoms with van der Waals surface area (Å²) in [6.45, 7) is 1.70. The quantitative estimate of drug-likeness (QED) is 0.699. The fraction of sp³-hybridized carbons (Fsp3) is 0.333. The van der Waals surface area contributed by atoms with E-state index in [1.54, 1.807) is 25.3 Å². The first-order valence-electron chi connectivity index (χ1n) is 4.04. The molecule has 0 fully saturated rings. The molecule has 1 N–H and O–H groups in total. The average Bonchev–Trinajstić information content (AvgIpc) is 2.18. The van der Waals surface area contributed by atoms with Gasteiger partial charge in [-0.3, -0.25) is 4.98 Å². The Morgan fingerprint density at radius 2 is 2.54 bits per heavy atom. The number of aliphatic hydroxyl groups is 1. The average molecular weight is 181 g/mol. The van der Waals surface area contributed by atoms with E-state index in [9.17, 15) is 4.79 Å². The normalized spacial score (nSPS) is 12.2. The van der Waals surface area contributed by atoms with Crippen LogP contribution in [0, 0.1) is 0 Å². The molecule has 1 aromatic rings. The maximum atomic E-state index is 11.0. The van der Waals surface area contributed by atoms with Crippen molar-refractivity contribution in [3.05, 3.63) is 24.5 Å². The fourth-order valence-corrected chi connectivity index (χ4v) is 0.758. The Morgan fingerprint density at radius 1 is 1.77 bits per heavy atom. The van der Waals surface area contributed by atoms with Crippen molar-refractivity contribution in [1.29, 1.82) is 0 Å². The van der Waals surface area contributed by atoms with Crippen LogP contribution in [0.3, 0.4) is 0 Å². The largest absolute Gasteiger partial charge is 0.423 e. The molecule has 1 unspecified atom stereocenters. The van der Waals surface area contributed by atoms with Crippen LogP contribution in [0.5, 0.6) is 5.75 Å². The van der Waals surface area contributed by atoms with Crippen LogP contribution in [0.4, 0.5) is 0 Å². The van der Waals surface area contributed by atoms with Crippen LogP contribution in [-0.4, -0.2) is 22.2 Å². The second-order valence-electron chi connectivity index (χ2n) is 2.53. The van der Waals surface area contributed by atoms with Gasteiger partial charge in [-0.1, -0.05) is 6.92 Å². The lowest BCUT2D eigenvalue weighted by molar-refractivity contribution is -0.143. The number of aliphatic hydroxyl groups excluding tert-OH is 1. The molecular formula is C9H11NO3. The van der Waals surface area contributed by atoms with Gasteiger partial charge in [-0.15, -0.1) is 0 Å². The van der Waals surface area contributed by atoms with Crippen molar-refractivity contribution in [2.75, 3.05) is 0 Å². The third-order valence-electron chi connectivity index (χ3n) is 1.51. The molecule has 0 aliphatic carbocycles. The lowest BCUT2D eigenvalue weighted by atomic mass is 10.3. The molecule has 4 nitrogen and oxygen atoms in total. The Labute approximate surface area is 76.2 Å². The van der Waals surface area contributed by atoms with Crippen LogP contribution < -0.4 is 4.74 Å². The molecule has 0 bridgehead atoms. The molecule has 0 amide bonds. The Balaban J connectivity index is 2.55. The maximum Gasteiger partial charge on any atom is 0.340 e. The number of aromatic nitrogens is 1. The van der Waals surface area contributed by atoms with Gasteiger partial charge in [0.1, 0.15) is 5.75 Å². The van der Waals surface area contributed by atoms with Crippen LogP contribution in [0.15, 0.2) is 24.5 Å². The van der Waals surface area contributed by atoms with Gasteiger partial charge in [0.25, 0.3) is 0 Å². The summed E-state index contributed by atoms with van der Waals surface area (Å²) in [5.41, 5.74) is 0. The number of ether oxygens (including phenoxy) is 1. The number of carbonyl (C=O) groups excluding carboxylic acids is 1.